The molecule has 2 aromatic rings. The molecule has 0 unspecified atom stereocenters. The lowest BCUT2D eigenvalue weighted by Gasteiger charge is -2.26. The summed E-state index contributed by atoms with van der Waals surface area (Å²) in [6, 6.07) is 10.0. The van der Waals surface area contributed by atoms with Crippen LogP contribution < -0.4 is 0 Å². The van der Waals surface area contributed by atoms with E-state index in [1.807, 2.05) is 39.8 Å². The van der Waals surface area contributed by atoms with Gasteiger partial charge in [-0.05, 0) is 42.2 Å². The molecular formula is C19H24FNO2. The van der Waals surface area contributed by atoms with Crippen molar-refractivity contribution >= 4 is 5.91 Å². The Balaban J connectivity index is 2.16. The molecule has 0 aliphatic rings. The highest BCUT2D eigenvalue weighted by molar-refractivity contribution is 5.76. The van der Waals surface area contributed by atoms with Crippen molar-refractivity contribution < 1.29 is 13.6 Å². The molecule has 0 spiro atoms. The number of nitrogens with zero attached hydrogens (tertiary/aromatic N) is 1. The van der Waals surface area contributed by atoms with Gasteiger partial charge in [0, 0.05) is 13.0 Å². The smallest absolute Gasteiger partial charge is 0.223 e. The van der Waals surface area contributed by atoms with E-state index in [1.54, 1.807) is 17.0 Å². The minimum absolute atomic E-state index is 0.0656. The van der Waals surface area contributed by atoms with E-state index in [0.29, 0.717) is 19.5 Å². The maximum atomic E-state index is 13.1. The highest BCUT2D eigenvalue weighted by Crippen LogP contribution is 2.22. The predicted molar refractivity (Wildman–Crippen MR) is 88.2 cm³/mol. The van der Waals surface area contributed by atoms with Crippen molar-refractivity contribution in [3.8, 4) is 0 Å². The maximum absolute atomic E-state index is 13.1. The highest BCUT2D eigenvalue weighted by Gasteiger charge is 2.22. The van der Waals surface area contributed by atoms with Crippen molar-refractivity contribution in [1.82, 2.24) is 4.90 Å². The number of furan rings is 1. The summed E-state index contributed by atoms with van der Waals surface area (Å²) >= 11 is 0. The Morgan fingerprint density at radius 1 is 1.09 bits per heavy atom. The Labute approximate surface area is 137 Å². The third-order valence-electron chi connectivity index (χ3n) is 3.46. The fourth-order valence-corrected chi connectivity index (χ4v) is 2.37. The van der Waals surface area contributed by atoms with Crippen LogP contribution in [0.25, 0.3) is 0 Å². The normalized spacial score (nSPS) is 11.5. The number of rotatable bonds is 5. The largest absolute Gasteiger partial charge is 0.464 e. The number of halogens is 1. The second kappa shape index (κ2) is 6.99. The molecule has 0 aliphatic heterocycles. The highest BCUT2D eigenvalue weighted by atomic mass is 19.1. The SMILES string of the molecule is Cc1ccc(CN(Cc2ccc(F)cc2)C(=O)CC(C)(C)C)o1. The molecule has 1 heterocycles. The van der Waals surface area contributed by atoms with Crippen molar-refractivity contribution in [3.63, 3.8) is 0 Å². The summed E-state index contributed by atoms with van der Waals surface area (Å²) in [5.74, 6) is 1.37. The zero-order valence-electron chi connectivity index (χ0n) is 14.2. The summed E-state index contributed by atoms with van der Waals surface area (Å²) in [6.07, 6.45) is 0.452. The average molecular weight is 317 g/mol. The lowest BCUT2D eigenvalue weighted by molar-refractivity contribution is -0.134. The van der Waals surface area contributed by atoms with Crippen LogP contribution in [0.5, 0.6) is 0 Å². The summed E-state index contributed by atoms with van der Waals surface area (Å²) in [4.78, 5) is 14.4. The second-order valence-corrected chi connectivity index (χ2v) is 7.13. The molecule has 0 aliphatic carbocycles. The molecule has 1 amide bonds. The fourth-order valence-electron chi connectivity index (χ4n) is 2.37. The van der Waals surface area contributed by atoms with E-state index in [1.165, 1.54) is 12.1 Å². The van der Waals surface area contributed by atoms with Crippen molar-refractivity contribution in [2.75, 3.05) is 0 Å². The van der Waals surface area contributed by atoms with Gasteiger partial charge in [-0.2, -0.15) is 0 Å². The van der Waals surface area contributed by atoms with Gasteiger partial charge in [-0.3, -0.25) is 4.79 Å². The van der Waals surface area contributed by atoms with Gasteiger partial charge in [-0.25, -0.2) is 4.39 Å². The first-order chi connectivity index (χ1) is 10.7. The first kappa shape index (κ1) is 17.3. The lowest BCUT2D eigenvalue weighted by atomic mass is 9.91. The van der Waals surface area contributed by atoms with Crippen LogP contribution in [-0.4, -0.2) is 10.8 Å². The maximum Gasteiger partial charge on any atom is 0.223 e. The van der Waals surface area contributed by atoms with Crippen LogP contribution in [0.3, 0.4) is 0 Å². The van der Waals surface area contributed by atoms with Crippen LogP contribution in [0, 0.1) is 18.2 Å². The molecule has 4 heteroatoms. The third kappa shape index (κ3) is 5.55. The van der Waals surface area contributed by atoms with E-state index in [-0.39, 0.29) is 17.1 Å². The van der Waals surface area contributed by atoms with Crippen molar-refractivity contribution in [3.05, 3.63) is 59.3 Å². The van der Waals surface area contributed by atoms with Crippen LogP contribution >= 0.6 is 0 Å². The molecule has 1 aromatic heterocycles. The number of hydrogen-bond acceptors (Lipinski definition) is 2. The number of hydrogen-bond donors (Lipinski definition) is 0. The molecule has 2 rings (SSSR count). The van der Waals surface area contributed by atoms with Crippen molar-refractivity contribution in [2.45, 2.75) is 47.2 Å². The van der Waals surface area contributed by atoms with Gasteiger partial charge < -0.3 is 9.32 Å². The number of amides is 1. The van der Waals surface area contributed by atoms with Crippen molar-refractivity contribution in [2.24, 2.45) is 5.41 Å². The van der Waals surface area contributed by atoms with E-state index in [0.717, 1.165) is 17.1 Å². The average Bonchev–Trinajstić information content (AvgIpc) is 2.84. The zero-order chi connectivity index (χ0) is 17.0. The molecular weight excluding hydrogens is 293 g/mol. The number of aryl methyl sites for hydroxylation is 1. The Morgan fingerprint density at radius 2 is 1.74 bits per heavy atom. The Morgan fingerprint density at radius 3 is 2.26 bits per heavy atom. The molecule has 0 bridgehead atoms. The summed E-state index contributed by atoms with van der Waals surface area (Å²) in [5.41, 5.74) is 0.814. The van der Waals surface area contributed by atoms with Gasteiger partial charge in [0.1, 0.15) is 17.3 Å². The first-order valence-corrected chi connectivity index (χ1v) is 7.80. The predicted octanol–water partition coefficient (Wildman–Crippen LogP) is 4.69. The molecule has 3 nitrogen and oxygen atoms in total. The quantitative estimate of drug-likeness (QED) is 0.801. The van der Waals surface area contributed by atoms with Gasteiger partial charge in [0.05, 0.1) is 6.54 Å². The Kier molecular flexibility index (Phi) is 5.24. The minimum Gasteiger partial charge on any atom is -0.464 e. The van der Waals surface area contributed by atoms with Crippen LogP contribution in [0.15, 0.2) is 40.8 Å². The van der Waals surface area contributed by atoms with Gasteiger partial charge in [-0.15, -0.1) is 0 Å². The summed E-state index contributed by atoms with van der Waals surface area (Å²) in [7, 11) is 0. The van der Waals surface area contributed by atoms with E-state index in [4.69, 9.17) is 4.42 Å². The molecule has 124 valence electrons. The molecule has 0 N–H and O–H groups in total. The molecule has 0 fully saturated rings. The monoisotopic (exact) mass is 317 g/mol. The molecule has 0 saturated heterocycles. The topological polar surface area (TPSA) is 33.5 Å². The second-order valence-electron chi connectivity index (χ2n) is 7.13. The van der Waals surface area contributed by atoms with Gasteiger partial charge >= 0.3 is 0 Å². The molecule has 0 saturated carbocycles. The summed E-state index contributed by atoms with van der Waals surface area (Å²) < 4.78 is 18.7. The minimum atomic E-state index is -0.275. The van der Waals surface area contributed by atoms with Crippen LogP contribution in [0.1, 0.15) is 44.3 Å². The molecule has 0 radical (unpaired) electrons. The first-order valence-electron chi connectivity index (χ1n) is 7.80. The van der Waals surface area contributed by atoms with Gasteiger partial charge in [0.25, 0.3) is 0 Å². The van der Waals surface area contributed by atoms with Crippen LogP contribution in [0.2, 0.25) is 0 Å². The zero-order valence-corrected chi connectivity index (χ0v) is 14.2. The van der Waals surface area contributed by atoms with Crippen molar-refractivity contribution in [1.29, 1.82) is 0 Å². The van der Waals surface area contributed by atoms with Crippen LogP contribution in [0.4, 0.5) is 4.39 Å². The van der Waals surface area contributed by atoms with Gasteiger partial charge in [0.2, 0.25) is 5.91 Å². The Hall–Kier alpha value is -2.10. The fraction of sp³-hybridized carbons (Fsp3) is 0.421. The van der Waals surface area contributed by atoms with E-state index < -0.39 is 0 Å². The Bertz CT molecular complexity index is 653. The summed E-state index contributed by atoms with van der Waals surface area (Å²) in [5, 5.41) is 0. The number of benzene rings is 1. The third-order valence-corrected chi connectivity index (χ3v) is 3.46. The van der Waals surface area contributed by atoms with Gasteiger partial charge in [0.15, 0.2) is 0 Å². The lowest BCUT2D eigenvalue weighted by Crippen LogP contribution is -2.32. The van der Waals surface area contributed by atoms with Crippen LogP contribution in [-0.2, 0) is 17.9 Å². The molecule has 1 aromatic carbocycles. The summed E-state index contributed by atoms with van der Waals surface area (Å²) in [6.45, 7) is 8.86. The number of carbonyl (C=O) groups excluding carboxylic acids is 1. The molecule has 23 heavy (non-hydrogen) atoms. The number of carbonyl (C=O) groups is 1. The van der Waals surface area contributed by atoms with E-state index in [9.17, 15) is 9.18 Å². The molecule has 0 atom stereocenters. The van der Waals surface area contributed by atoms with E-state index in [2.05, 4.69) is 0 Å². The van der Waals surface area contributed by atoms with Gasteiger partial charge in [-0.1, -0.05) is 32.9 Å². The standard InChI is InChI=1S/C19H24FNO2/c1-14-5-10-17(23-14)13-21(18(22)11-19(2,3)4)12-15-6-8-16(20)9-7-15/h5-10H,11-13H2,1-4H3. The van der Waals surface area contributed by atoms with E-state index >= 15 is 0 Å².